The van der Waals surface area contributed by atoms with Gasteiger partial charge in [0.2, 0.25) is 11.8 Å². The second-order valence-electron chi connectivity index (χ2n) is 8.69. The number of carbonyl (C=O) groups excluding carboxylic acids is 3. The highest BCUT2D eigenvalue weighted by Crippen LogP contribution is 2.47. The first-order chi connectivity index (χ1) is 15.4. The number of piperidine rings is 1. The van der Waals surface area contributed by atoms with Crippen molar-refractivity contribution < 1.29 is 18.8 Å². The third kappa shape index (κ3) is 4.51. The number of para-hydroxylation sites is 1. The molecule has 2 saturated carbocycles. The zero-order chi connectivity index (χ0) is 22.8. The monoisotopic (exact) mass is 441 g/mol. The Kier molecular flexibility index (Phi) is 6.25. The average Bonchev–Trinajstić information content (AvgIpc) is 3.18. The van der Waals surface area contributed by atoms with Crippen LogP contribution < -0.4 is 16.4 Å². The number of nitrogens with two attached hydrogens (primary N) is 1. The summed E-state index contributed by atoms with van der Waals surface area (Å²) >= 11 is 0. The lowest BCUT2D eigenvalue weighted by atomic mass is 10.1. The van der Waals surface area contributed by atoms with Crippen molar-refractivity contribution >= 4 is 29.1 Å². The first kappa shape index (κ1) is 22.0. The van der Waals surface area contributed by atoms with E-state index in [1.54, 1.807) is 29.2 Å². The Morgan fingerprint density at radius 2 is 1.84 bits per heavy atom. The molecule has 0 aromatic heterocycles. The summed E-state index contributed by atoms with van der Waals surface area (Å²) in [4.78, 5) is 38.7. The summed E-state index contributed by atoms with van der Waals surface area (Å²) in [7, 11) is 0. The number of benzene rings is 1. The first-order valence-electron chi connectivity index (χ1n) is 11.0. The van der Waals surface area contributed by atoms with Crippen molar-refractivity contribution in [2.75, 3.05) is 18.4 Å². The highest BCUT2D eigenvalue weighted by molar-refractivity contribution is 6.44. The van der Waals surface area contributed by atoms with Crippen LogP contribution in [-0.2, 0) is 14.4 Å². The Hall–Kier alpha value is -3.23. The summed E-state index contributed by atoms with van der Waals surface area (Å²) in [6, 6.07) is 6.08. The van der Waals surface area contributed by atoms with E-state index < -0.39 is 11.9 Å². The van der Waals surface area contributed by atoms with Gasteiger partial charge in [-0.2, -0.15) is 0 Å². The molecule has 3 fully saturated rings. The van der Waals surface area contributed by atoms with Crippen LogP contribution in [0.25, 0.3) is 0 Å². The number of nitrogens with one attached hydrogen (secondary N) is 3. The molecule has 3 amide bonds. The molecule has 1 aliphatic heterocycles. The molecule has 8 nitrogen and oxygen atoms in total. The van der Waals surface area contributed by atoms with Crippen molar-refractivity contribution in [3.05, 3.63) is 41.2 Å². The van der Waals surface area contributed by atoms with E-state index in [9.17, 15) is 18.8 Å². The number of amides is 3. The standard InChI is InChI=1S/C23H28FN5O3/c24-16(13-5-1-2-6-13)11-28-23(32)19-10-14-9-18(14)29(19)20(30)12-27-17-8-4-3-7-15(17)21(25)22(26)31/h3-4,7-8,14,18-19,25,27H,1-2,5-6,9-12H2,(H2,26,31)(H,28,32)/t14-,18-,19+/m1/s1. The summed E-state index contributed by atoms with van der Waals surface area (Å²) in [6.45, 7) is -0.211. The molecule has 1 saturated heterocycles. The van der Waals surface area contributed by atoms with Gasteiger partial charge >= 0.3 is 0 Å². The maximum Gasteiger partial charge on any atom is 0.267 e. The van der Waals surface area contributed by atoms with Crippen LogP contribution in [-0.4, -0.2) is 53.5 Å². The fourth-order valence-corrected chi connectivity index (χ4v) is 4.78. The van der Waals surface area contributed by atoms with E-state index in [0.29, 0.717) is 23.6 Å². The summed E-state index contributed by atoms with van der Waals surface area (Å²) in [5.41, 5.74) is 6.41. The highest BCUT2D eigenvalue weighted by atomic mass is 19.1. The second kappa shape index (κ2) is 9.10. The normalized spacial score (nSPS) is 23.5. The molecule has 1 heterocycles. The van der Waals surface area contributed by atoms with Crippen LogP contribution in [0.5, 0.6) is 0 Å². The van der Waals surface area contributed by atoms with E-state index in [1.807, 2.05) is 0 Å². The molecule has 9 heteroatoms. The van der Waals surface area contributed by atoms with Crippen LogP contribution in [0.1, 0.15) is 44.1 Å². The highest BCUT2D eigenvalue weighted by Gasteiger charge is 2.55. The molecule has 1 aromatic rings. The van der Waals surface area contributed by atoms with Gasteiger partial charge in [-0.1, -0.05) is 18.2 Å². The number of likely N-dealkylation sites (tertiary alicyclic amines) is 1. The fourth-order valence-electron chi connectivity index (χ4n) is 4.78. The predicted molar refractivity (Wildman–Crippen MR) is 118 cm³/mol. The number of fused-ring (bicyclic) bond motifs is 1. The molecule has 3 atom stereocenters. The van der Waals surface area contributed by atoms with Crippen LogP contribution >= 0.6 is 0 Å². The van der Waals surface area contributed by atoms with Crippen molar-refractivity contribution in [3.63, 3.8) is 0 Å². The molecule has 32 heavy (non-hydrogen) atoms. The number of carbonyl (C=O) groups is 3. The van der Waals surface area contributed by atoms with Crippen molar-refractivity contribution in [1.29, 1.82) is 5.41 Å². The van der Waals surface area contributed by atoms with Gasteiger partial charge in [-0.25, -0.2) is 4.39 Å². The van der Waals surface area contributed by atoms with Crippen molar-refractivity contribution in [2.45, 2.75) is 50.6 Å². The molecule has 170 valence electrons. The van der Waals surface area contributed by atoms with Gasteiger partial charge in [-0.15, -0.1) is 0 Å². The topological polar surface area (TPSA) is 128 Å². The molecule has 0 unspecified atom stereocenters. The van der Waals surface area contributed by atoms with Crippen molar-refractivity contribution in [2.24, 2.45) is 11.7 Å². The zero-order valence-corrected chi connectivity index (χ0v) is 17.8. The lowest BCUT2D eigenvalue weighted by Crippen LogP contribution is -2.49. The van der Waals surface area contributed by atoms with Crippen LogP contribution in [0.2, 0.25) is 0 Å². The van der Waals surface area contributed by atoms with E-state index in [0.717, 1.165) is 37.7 Å². The van der Waals surface area contributed by atoms with Gasteiger partial charge < -0.3 is 21.3 Å². The lowest BCUT2D eigenvalue weighted by molar-refractivity contribution is -0.138. The number of rotatable bonds is 8. The van der Waals surface area contributed by atoms with Gasteiger partial charge in [0.05, 0.1) is 13.1 Å². The quantitative estimate of drug-likeness (QED) is 0.459. The molecule has 0 radical (unpaired) electrons. The first-order valence-corrected chi connectivity index (χ1v) is 11.0. The smallest absolute Gasteiger partial charge is 0.267 e. The number of primary amides is 1. The second-order valence-corrected chi connectivity index (χ2v) is 8.69. The Morgan fingerprint density at radius 3 is 2.56 bits per heavy atom. The Labute approximate surface area is 185 Å². The van der Waals surface area contributed by atoms with Crippen LogP contribution in [0, 0.1) is 11.3 Å². The van der Waals surface area contributed by atoms with Crippen molar-refractivity contribution in [3.8, 4) is 0 Å². The van der Waals surface area contributed by atoms with Gasteiger partial charge in [-0.05, 0) is 56.1 Å². The maximum absolute atomic E-state index is 14.3. The van der Waals surface area contributed by atoms with Gasteiger partial charge in [0.1, 0.15) is 17.6 Å². The minimum atomic E-state index is -0.859. The number of nitrogens with zero attached hydrogens (tertiary/aromatic N) is 1. The van der Waals surface area contributed by atoms with Gasteiger partial charge in [0.15, 0.2) is 0 Å². The number of hydrogen-bond acceptors (Lipinski definition) is 5. The van der Waals surface area contributed by atoms with E-state index in [4.69, 9.17) is 11.1 Å². The van der Waals surface area contributed by atoms with Crippen LogP contribution in [0.3, 0.4) is 0 Å². The van der Waals surface area contributed by atoms with Crippen LogP contribution in [0.15, 0.2) is 35.7 Å². The molecule has 4 rings (SSSR count). The molecule has 2 aliphatic carbocycles. The molecule has 0 bridgehead atoms. The minimum Gasteiger partial charge on any atom is -0.376 e. The molecular weight excluding hydrogens is 413 g/mol. The van der Waals surface area contributed by atoms with Gasteiger partial charge in [0.25, 0.3) is 5.91 Å². The Bertz CT molecular complexity index is 984. The third-order valence-corrected chi connectivity index (χ3v) is 6.58. The summed E-state index contributed by atoms with van der Waals surface area (Å²) in [5.74, 6) is -1.38. The number of anilines is 1. The molecule has 0 spiro atoms. The van der Waals surface area contributed by atoms with Gasteiger partial charge in [0, 0.05) is 17.3 Å². The number of allylic oxidation sites excluding steroid dienone is 1. The van der Waals surface area contributed by atoms with E-state index >= 15 is 0 Å². The van der Waals surface area contributed by atoms with Gasteiger partial charge in [-0.3, -0.25) is 19.8 Å². The van der Waals surface area contributed by atoms with Crippen molar-refractivity contribution in [1.82, 2.24) is 10.2 Å². The third-order valence-electron chi connectivity index (χ3n) is 6.58. The number of hydrogen-bond donors (Lipinski definition) is 4. The summed E-state index contributed by atoms with van der Waals surface area (Å²) < 4.78 is 14.3. The van der Waals surface area contributed by atoms with Crippen LogP contribution in [0.4, 0.5) is 10.1 Å². The number of halogens is 1. The molecule has 3 aliphatic rings. The molecular formula is C23H28FN5O3. The Balaban J connectivity index is 1.38. The fraction of sp³-hybridized carbons (Fsp3) is 0.478. The average molecular weight is 442 g/mol. The zero-order valence-electron chi connectivity index (χ0n) is 17.8. The predicted octanol–water partition coefficient (Wildman–Crippen LogP) is 1.85. The minimum absolute atomic E-state index is 0.0391. The largest absolute Gasteiger partial charge is 0.376 e. The summed E-state index contributed by atoms with van der Waals surface area (Å²) in [5, 5.41) is 13.5. The maximum atomic E-state index is 14.3. The van der Waals surface area contributed by atoms with E-state index in [2.05, 4.69) is 10.6 Å². The molecule has 1 aromatic carbocycles. The SMILES string of the molecule is N=C(C(N)=O)c1ccccc1NCC(=O)N1[C@@H]2C[C@@H]2C[C@H]1C(=O)NCC(F)=C1CCCC1. The molecule has 5 N–H and O–H groups in total. The van der Waals surface area contributed by atoms with E-state index in [-0.39, 0.29) is 42.5 Å². The lowest BCUT2D eigenvalue weighted by Gasteiger charge is -2.27. The Morgan fingerprint density at radius 1 is 1.12 bits per heavy atom. The van der Waals surface area contributed by atoms with E-state index in [1.165, 1.54) is 0 Å². The summed E-state index contributed by atoms with van der Waals surface area (Å²) in [6.07, 6.45) is 4.93.